The molecule has 5 heteroatoms. The van der Waals surface area contributed by atoms with Gasteiger partial charge >= 0.3 is 0 Å². The molecule has 0 radical (unpaired) electrons. The molecule has 0 aliphatic rings. The third-order valence-electron chi connectivity index (χ3n) is 3.56. The van der Waals surface area contributed by atoms with Gasteiger partial charge in [-0.15, -0.1) is 0 Å². The minimum absolute atomic E-state index is 0.570. The first kappa shape index (κ1) is 16.4. The summed E-state index contributed by atoms with van der Waals surface area (Å²) in [6, 6.07) is 6.19. The van der Waals surface area contributed by atoms with Crippen molar-refractivity contribution in [2.75, 3.05) is 19.0 Å². The van der Waals surface area contributed by atoms with Crippen molar-refractivity contribution >= 4 is 5.69 Å². The molecule has 0 fully saturated rings. The number of anilines is 1. The maximum absolute atomic E-state index is 5.50. The Hall–Kier alpha value is -2.01. The molecule has 0 aliphatic carbocycles. The summed E-state index contributed by atoms with van der Waals surface area (Å²) in [7, 11) is 1.69. The van der Waals surface area contributed by atoms with Crippen LogP contribution in [0.1, 0.15) is 30.7 Å². The largest absolute Gasteiger partial charge is 0.496 e. The van der Waals surface area contributed by atoms with Gasteiger partial charge in [0.25, 0.3) is 0 Å². The zero-order valence-electron chi connectivity index (χ0n) is 13.8. The first-order valence-electron chi connectivity index (χ1n) is 7.69. The summed E-state index contributed by atoms with van der Waals surface area (Å²) in [5.74, 6) is 0.868. The predicted molar refractivity (Wildman–Crippen MR) is 88.3 cm³/mol. The highest BCUT2D eigenvalue weighted by molar-refractivity contribution is 5.47. The van der Waals surface area contributed by atoms with Crippen molar-refractivity contribution in [2.45, 2.75) is 40.5 Å². The van der Waals surface area contributed by atoms with Crippen molar-refractivity contribution in [3.05, 3.63) is 41.2 Å². The van der Waals surface area contributed by atoms with Gasteiger partial charge < -0.3 is 14.8 Å². The van der Waals surface area contributed by atoms with E-state index in [-0.39, 0.29) is 0 Å². The Bertz CT molecular complexity index is 608. The lowest BCUT2D eigenvalue weighted by atomic mass is 10.1. The Morgan fingerprint density at radius 2 is 2.09 bits per heavy atom. The van der Waals surface area contributed by atoms with Crippen LogP contribution in [0.15, 0.2) is 24.4 Å². The van der Waals surface area contributed by atoms with Crippen molar-refractivity contribution in [2.24, 2.45) is 0 Å². The molecule has 2 rings (SSSR count). The lowest BCUT2D eigenvalue weighted by molar-refractivity contribution is 0.132. The van der Waals surface area contributed by atoms with Gasteiger partial charge in [-0.05, 0) is 38.5 Å². The number of benzene rings is 1. The first-order chi connectivity index (χ1) is 10.7. The zero-order chi connectivity index (χ0) is 15.9. The second-order valence-electron chi connectivity index (χ2n) is 5.12. The molecule has 0 spiro atoms. The fourth-order valence-corrected chi connectivity index (χ4v) is 2.32. The zero-order valence-corrected chi connectivity index (χ0v) is 13.8. The minimum atomic E-state index is 0.570. The lowest BCUT2D eigenvalue weighted by Crippen LogP contribution is -2.02. The standard InChI is InChI=1S/C17H25N3O2/c1-5-20-11-16(13(3)19-20)18-10-14-7-8-17(21-4)15(9-14)12-22-6-2/h7-9,11,18H,5-6,10,12H2,1-4H3. The van der Waals surface area contributed by atoms with E-state index < -0.39 is 0 Å². The molecule has 0 atom stereocenters. The predicted octanol–water partition coefficient (Wildman–Crippen LogP) is 3.37. The number of rotatable bonds is 8. The maximum atomic E-state index is 5.50. The van der Waals surface area contributed by atoms with E-state index in [2.05, 4.69) is 29.5 Å². The average Bonchev–Trinajstić information content (AvgIpc) is 2.91. The fraction of sp³-hybridized carbons (Fsp3) is 0.471. The van der Waals surface area contributed by atoms with Crippen LogP contribution in [0.3, 0.4) is 0 Å². The number of aromatic nitrogens is 2. The van der Waals surface area contributed by atoms with Crippen LogP contribution in [0.5, 0.6) is 5.75 Å². The second kappa shape index (κ2) is 7.84. The SMILES string of the molecule is CCOCc1cc(CNc2cn(CC)nc2C)ccc1OC. The second-order valence-corrected chi connectivity index (χ2v) is 5.12. The summed E-state index contributed by atoms with van der Waals surface area (Å²) in [6.07, 6.45) is 2.04. The number of hydrogen-bond donors (Lipinski definition) is 1. The van der Waals surface area contributed by atoms with Crippen LogP contribution in [-0.4, -0.2) is 23.5 Å². The van der Waals surface area contributed by atoms with E-state index >= 15 is 0 Å². The first-order valence-corrected chi connectivity index (χ1v) is 7.69. The van der Waals surface area contributed by atoms with Crippen LogP contribution in [-0.2, 0) is 24.4 Å². The fourth-order valence-electron chi connectivity index (χ4n) is 2.32. The molecule has 22 heavy (non-hydrogen) atoms. The van der Waals surface area contributed by atoms with Crippen LogP contribution in [0.4, 0.5) is 5.69 Å². The van der Waals surface area contributed by atoms with Crippen LogP contribution in [0, 0.1) is 6.92 Å². The number of ether oxygens (including phenoxy) is 2. The van der Waals surface area contributed by atoms with Gasteiger partial charge in [0.15, 0.2) is 0 Å². The molecular weight excluding hydrogens is 278 g/mol. The van der Waals surface area contributed by atoms with Gasteiger partial charge in [0.05, 0.1) is 25.1 Å². The molecule has 0 unspecified atom stereocenters. The summed E-state index contributed by atoms with van der Waals surface area (Å²) in [5.41, 5.74) is 4.36. The van der Waals surface area contributed by atoms with Crippen LogP contribution in [0.2, 0.25) is 0 Å². The molecule has 0 saturated carbocycles. The molecule has 0 aliphatic heterocycles. The number of hydrogen-bond acceptors (Lipinski definition) is 4. The van der Waals surface area contributed by atoms with Gasteiger partial charge in [0, 0.05) is 31.5 Å². The smallest absolute Gasteiger partial charge is 0.124 e. The quantitative estimate of drug-likeness (QED) is 0.812. The molecule has 1 aromatic heterocycles. The Kier molecular flexibility index (Phi) is 5.83. The topological polar surface area (TPSA) is 48.3 Å². The van der Waals surface area contributed by atoms with Crippen molar-refractivity contribution < 1.29 is 9.47 Å². The van der Waals surface area contributed by atoms with Gasteiger partial charge in [-0.2, -0.15) is 5.10 Å². The van der Waals surface area contributed by atoms with Crippen LogP contribution < -0.4 is 10.1 Å². The number of nitrogens with one attached hydrogen (secondary N) is 1. The summed E-state index contributed by atoms with van der Waals surface area (Å²) >= 11 is 0. The van der Waals surface area contributed by atoms with E-state index in [1.54, 1.807) is 7.11 Å². The Balaban J connectivity index is 2.07. The molecule has 0 saturated heterocycles. The monoisotopic (exact) mass is 303 g/mol. The molecule has 0 amide bonds. The molecular formula is C17H25N3O2. The Morgan fingerprint density at radius 1 is 1.27 bits per heavy atom. The van der Waals surface area contributed by atoms with E-state index in [4.69, 9.17) is 9.47 Å². The summed E-state index contributed by atoms with van der Waals surface area (Å²) in [5, 5.41) is 7.88. The summed E-state index contributed by atoms with van der Waals surface area (Å²) in [6.45, 7) is 8.99. The molecule has 0 bridgehead atoms. The third-order valence-corrected chi connectivity index (χ3v) is 3.56. The molecule has 1 aromatic carbocycles. The average molecular weight is 303 g/mol. The van der Waals surface area contributed by atoms with Crippen LogP contribution in [0.25, 0.3) is 0 Å². The van der Waals surface area contributed by atoms with Crippen molar-refractivity contribution in [3.63, 3.8) is 0 Å². The normalized spacial score (nSPS) is 10.7. The molecule has 1 N–H and O–H groups in total. The van der Waals surface area contributed by atoms with E-state index in [9.17, 15) is 0 Å². The van der Waals surface area contributed by atoms with E-state index in [0.717, 1.165) is 35.8 Å². The van der Waals surface area contributed by atoms with Gasteiger partial charge in [0.2, 0.25) is 0 Å². The van der Waals surface area contributed by atoms with E-state index in [1.807, 2.05) is 30.8 Å². The van der Waals surface area contributed by atoms with E-state index in [1.165, 1.54) is 5.56 Å². The highest BCUT2D eigenvalue weighted by Crippen LogP contribution is 2.22. The lowest BCUT2D eigenvalue weighted by Gasteiger charge is -2.11. The minimum Gasteiger partial charge on any atom is -0.496 e. The Morgan fingerprint density at radius 3 is 2.73 bits per heavy atom. The highest BCUT2D eigenvalue weighted by Gasteiger charge is 2.07. The molecule has 5 nitrogen and oxygen atoms in total. The van der Waals surface area contributed by atoms with Gasteiger partial charge in [-0.25, -0.2) is 0 Å². The van der Waals surface area contributed by atoms with Gasteiger partial charge in [-0.3, -0.25) is 4.68 Å². The summed E-state index contributed by atoms with van der Waals surface area (Å²) < 4.78 is 12.8. The van der Waals surface area contributed by atoms with Crippen molar-refractivity contribution in [1.29, 1.82) is 0 Å². The molecule has 1 heterocycles. The Labute approximate surface area is 132 Å². The number of methoxy groups -OCH3 is 1. The van der Waals surface area contributed by atoms with Crippen LogP contribution >= 0.6 is 0 Å². The van der Waals surface area contributed by atoms with Gasteiger partial charge in [-0.1, -0.05) is 6.07 Å². The maximum Gasteiger partial charge on any atom is 0.124 e. The number of nitrogens with zero attached hydrogens (tertiary/aromatic N) is 2. The summed E-state index contributed by atoms with van der Waals surface area (Å²) in [4.78, 5) is 0. The highest BCUT2D eigenvalue weighted by atomic mass is 16.5. The number of aryl methyl sites for hydroxylation is 2. The van der Waals surface area contributed by atoms with Gasteiger partial charge in [0.1, 0.15) is 5.75 Å². The van der Waals surface area contributed by atoms with Crippen molar-refractivity contribution in [1.82, 2.24) is 9.78 Å². The molecule has 2 aromatic rings. The van der Waals surface area contributed by atoms with E-state index in [0.29, 0.717) is 13.2 Å². The third kappa shape index (κ3) is 4.01. The molecule has 120 valence electrons. The van der Waals surface area contributed by atoms with Crippen molar-refractivity contribution in [3.8, 4) is 5.75 Å².